The Hall–Kier alpha value is -2.89. The molecule has 1 atom stereocenters. The van der Waals surface area contributed by atoms with E-state index in [1.165, 1.54) is 96.3 Å². The summed E-state index contributed by atoms with van der Waals surface area (Å²) in [7, 11) is 0. The summed E-state index contributed by atoms with van der Waals surface area (Å²) in [6.07, 6.45) is 51.0. The monoisotopic (exact) mass is 755 g/mol. The molecular formula is C48H82O6. The highest BCUT2D eigenvalue weighted by Gasteiger charge is 2.19. The van der Waals surface area contributed by atoms with Gasteiger partial charge in [-0.2, -0.15) is 0 Å². The molecule has 0 aliphatic carbocycles. The molecule has 310 valence electrons. The lowest BCUT2D eigenvalue weighted by Crippen LogP contribution is -2.30. The minimum Gasteiger partial charge on any atom is -0.462 e. The van der Waals surface area contributed by atoms with Gasteiger partial charge in [0.1, 0.15) is 13.2 Å². The third kappa shape index (κ3) is 40.3. The summed E-state index contributed by atoms with van der Waals surface area (Å²) >= 11 is 0. The Labute approximate surface area is 332 Å². The Bertz CT molecular complexity index is 1010. The van der Waals surface area contributed by atoms with Gasteiger partial charge in [-0.1, -0.05) is 204 Å². The Morgan fingerprint density at radius 3 is 1.13 bits per heavy atom. The number of allylic oxidation sites excluding steroid dienone is 9. The molecule has 1 unspecified atom stereocenters. The van der Waals surface area contributed by atoms with E-state index < -0.39 is 12.1 Å². The van der Waals surface area contributed by atoms with Crippen LogP contribution in [0, 0.1) is 0 Å². The highest BCUT2D eigenvalue weighted by Crippen LogP contribution is 2.14. The SMILES string of the molecule is CC/C=C\C/C=C\C/C=C\C/C=C\C/C=C\CC(=O)OCC(COC(=O)CCCCCCCC)OC(=O)CCCCCCCCCCCCCCCCC. The van der Waals surface area contributed by atoms with Crippen molar-refractivity contribution in [3.63, 3.8) is 0 Å². The number of carbonyl (C=O) groups excluding carboxylic acids is 3. The second-order valence-corrected chi connectivity index (χ2v) is 14.6. The average molecular weight is 755 g/mol. The number of ether oxygens (including phenoxy) is 3. The summed E-state index contributed by atoms with van der Waals surface area (Å²) < 4.78 is 16.5. The third-order valence-corrected chi connectivity index (χ3v) is 9.32. The van der Waals surface area contributed by atoms with Gasteiger partial charge in [-0.15, -0.1) is 0 Å². The second-order valence-electron chi connectivity index (χ2n) is 14.6. The maximum Gasteiger partial charge on any atom is 0.309 e. The van der Waals surface area contributed by atoms with Crippen LogP contribution in [0.3, 0.4) is 0 Å². The molecule has 54 heavy (non-hydrogen) atoms. The Balaban J connectivity index is 4.40. The fourth-order valence-corrected chi connectivity index (χ4v) is 5.98. The first-order valence-electron chi connectivity index (χ1n) is 22.3. The molecule has 0 bridgehead atoms. The van der Waals surface area contributed by atoms with Gasteiger partial charge in [0.2, 0.25) is 0 Å². The maximum atomic E-state index is 12.7. The molecule has 0 aromatic rings. The van der Waals surface area contributed by atoms with Crippen molar-refractivity contribution >= 4 is 17.9 Å². The smallest absolute Gasteiger partial charge is 0.309 e. The van der Waals surface area contributed by atoms with Crippen LogP contribution >= 0.6 is 0 Å². The molecule has 6 heteroatoms. The standard InChI is InChI=1S/C48H82O6/c1-4-7-10-13-16-18-20-22-24-26-28-30-32-35-38-41-47(50)53-44-45(43-52-46(49)40-37-34-15-12-9-6-3)54-48(51)42-39-36-33-31-29-27-25-23-21-19-17-14-11-8-5-2/h7,10,16,18,22,24,28,30,35,38,45H,4-6,8-9,11-15,17,19-21,23,25-27,29,31-34,36-37,39-44H2,1-3H3/b10-7-,18-16-,24-22-,30-28-,38-35-. The fourth-order valence-electron chi connectivity index (χ4n) is 5.98. The first kappa shape index (κ1) is 51.1. The Morgan fingerprint density at radius 1 is 0.389 bits per heavy atom. The van der Waals surface area contributed by atoms with Crippen LogP contribution in [0.5, 0.6) is 0 Å². The molecule has 0 saturated heterocycles. The van der Waals surface area contributed by atoms with Gasteiger partial charge in [0, 0.05) is 12.8 Å². The Morgan fingerprint density at radius 2 is 0.722 bits per heavy atom. The van der Waals surface area contributed by atoms with E-state index in [1.807, 2.05) is 6.08 Å². The normalized spacial score (nSPS) is 12.6. The van der Waals surface area contributed by atoms with Crippen molar-refractivity contribution in [3.05, 3.63) is 60.8 Å². The minimum atomic E-state index is -0.806. The molecule has 0 amide bonds. The number of rotatable bonds is 39. The molecular weight excluding hydrogens is 673 g/mol. The third-order valence-electron chi connectivity index (χ3n) is 9.32. The summed E-state index contributed by atoms with van der Waals surface area (Å²) in [6, 6.07) is 0. The highest BCUT2D eigenvalue weighted by molar-refractivity contribution is 5.72. The Kier molecular flexibility index (Phi) is 40.6. The van der Waals surface area contributed by atoms with Gasteiger partial charge >= 0.3 is 17.9 Å². The van der Waals surface area contributed by atoms with E-state index in [0.29, 0.717) is 12.8 Å². The summed E-state index contributed by atoms with van der Waals surface area (Å²) in [4.78, 5) is 37.5. The molecule has 0 N–H and O–H groups in total. The fraction of sp³-hybridized carbons (Fsp3) is 0.729. The van der Waals surface area contributed by atoms with E-state index in [4.69, 9.17) is 14.2 Å². The number of carbonyl (C=O) groups is 3. The summed E-state index contributed by atoms with van der Waals surface area (Å²) in [5.74, 6) is -1.05. The molecule has 0 aromatic heterocycles. The zero-order valence-corrected chi connectivity index (χ0v) is 35.2. The van der Waals surface area contributed by atoms with E-state index in [1.54, 1.807) is 6.08 Å². The first-order chi connectivity index (χ1) is 26.5. The van der Waals surface area contributed by atoms with Crippen LogP contribution in [-0.4, -0.2) is 37.2 Å². The van der Waals surface area contributed by atoms with Gasteiger partial charge in [-0.3, -0.25) is 14.4 Å². The van der Waals surface area contributed by atoms with Crippen molar-refractivity contribution in [1.29, 1.82) is 0 Å². The zero-order valence-electron chi connectivity index (χ0n) is 35.2. The summed E-state index contributed by atoms with van der Waals surface area (Å²) in [6.45, 7) is 6.36. The lowest BCUT2D eigenvalue weighted by Gasteiger charge is -2.18. The van der Waals surface area contributed by atoms with Gasteiger partial charge < -0.3 is 14.2 Å². The van der Waals surface area contributed by atoms with Crippen molar-refractivity contribution < 1.29 is 28.6 Å². The topological polar surface area (TPSA) is 78.9 Å². The molecule has 0 saturated carbocycles. The molecule has 0 aliphatic heterocycles. The molecule has 0 heterocycles. The van der Waals surface area contributed by atoms with Crippen LogP contribution in [0.4, 0.5) is 0 Å². The van der Waals surface area contributed by atoms with E-state index in [0.717, 1.165) is 70.6 Å². The van der Waals surface area contributed by atoms with E-state index >= 15 is 0 Å². The van der Waals surface area contributed by atoms with E-state index in [9.17, 15) is 14.4 Å². The lowest BCUT2D eigenvalue weighted by molar-refractivity contribution is -0.166. The van der Waals surface area contributed by atoms with Crippen LogP contribution in [0.2, 0.25) is 0 Å². The van der Waals surface area contributed by atoms with Gasteiger partial charge in [0.05, 0.1) is 6.42 Å². The van der Waals surface area contributed by atoms with Crippen molar-refractivity contribution in [1.82, 2.24) is 0 Å². The predicted octanol–water partition coefficient (Wildman–Crippen LogP) is 14.1. The van der Waals surface area contributed by atoms with Crippen LogP contribution in [0.1, 0.15) is 207 Å². The largest absolute Gasteiger partial charge is 0.462 e. The first-order valence-corrected chi connectivity index (χ1v) is 22.3. The number of hydrogen-bond acceptors (Lipinski definition) is 6. The number of unbranched alkanes of at least 4 members (excludes halogenated alkanes) is 19. The van der Waals surface area contributed by atoms with Gasteiger partial charge in [0.25, 0.3) is 0 Å². The lowest BCUT2D eigenvalue weighted by atomic mass is 10.0. The predicted molar refractivity (Wildman–Crippen MR) is 228 cm³/mol. The van der Waals surface area contributed by atoms with Crippen molar-refractivity contribution in [2.45, 2.75) is 213 Å². The van der Waals surface area contributed by atoms with Crippen LogP contribution in [-0.2, 0) is 28.6 Å². The summed E-state index contributed by atoms with van der Waals surface area (Å²) in [5.41, 5.74) is 0. The quantitative estimate of drug-likeness (QED) is 0.0269. The maximum absolute atomic E-state index is 12.7. The van der Waals surface area contributed by atoms with Crippen molar-refractivity contribution in [2.75, 3.05) is 13.2 Å². The highest BCUT2D eigenvalue weighted by atomic mass is 16.6. The van der Waals surface area contributed by atoms with E-state index in [-0.39, 0.29) is 31.6 Å². The van der Waals surface area contributed by atoms with Gasteiger partial charge in [0.15, 0.2) is 6.10 Å². The van der Waals surface area contributed by atoms with Crippen LogP contribution < -0.4 is 0 Å². The zero-order chi connectivity index (χ0) is 39.4. The molecule has 0 fully saturated rings. The summed E-state index contributed by atoms with van der Waals surface area (Å²) in [5, 5.41) is 0. The average Bonchev–Trinajstić information content (AvgIpc) is 3.17. The van der Waals surface area contributed by atoms with Gasteiger partial charge in [-0.05, 0) is 44.9 Å². The minimum absolute atomic E-state index is 0.103. The van der Waals surface area contributed by atoms with Crippen molar-refractivity contribution in [3.8, 4) is 0 Å². The molecule has 0 aromatic carbocycles. The number of esters is 3. The van der Waals surface area contributed by atoms with Crippen LogP contribution in [0.15, 0.2) is 60.8 Å². The van der Waals surface area contributed by atoms with Crippen LogP contribution in [0.25, 0.3) is 0 Å². The molecule has 0 aliphatic rings. The molecule has 0 rings (SSSR count). The molecule has 0 radical (unpaired) electrons. The molecule has 0 spiro atoms. The number of hydrogen-bond donors (Lipinski definition) is 0. The second kappa shape index (κ2) is 42.8. The van der Waals surface area contributed by atoms with Gasteiger partial charge in [-0.25, -0.2) is 0 Å². The van der Waals surface area contributed by atoms with E-state index in [2.05, 4.69) is 69.4 Å². The van der Waals surface area contributed by atoms with Crippen molar-refractivity contribution in [2.24, 2.45) is 0 Å². The molecule has 6 nitrogen and oxygen atoms in total.